The summed E-state index contributed by atoms with van der Waals surface area (Å²) in [6.45, 7) is 3.19. The standard InChI is InChI=1S/C14H23N3O3S/c1-10-14(5-6-20-10)16-21(18,19)13-7-12(8-15-2)17(9-13)11-3-4-11/h7,9-11,14-16H,3-6,8H2,1-2H3. The Kier molecular flexibility index (Phi) is 4.09. The summed E-state index contributed by atoms with van der Waals surface area (Å²) in [5.74, 6) is 0. The number of rotatable bonds is 6. The highest BCUT2D eigenvalue weighted by Gasteiger charge is 2.32. The monoisotopic (exact) mass is 313 g/mol. The summed E-state index contributed by atoms with van der Waals surface area (Å²) in [6.07, 6.45) is 4.69. The van der Waals surface area contributed by atoms with Gasteiger partial charge in [-0.2, -0.15) is 0 Å². The van der Waals surface area contributed by atoms with Gasteiger partial charge in [0.25, 0.3) is 0 Å². The van der Waals surface area contributed by atoms with Gasteiger partial charge >= 0.3 is 0 Å². The summed E-state index contributed by atoms with van der Waals surface area (Å²) in [4.78, 5) is 0.360. The van der Waals surface area contributed by atoms with Gasteiger partial charge in [-0.25, -0.2) is 13.1 Å². The van der Waals surface area contributed by atoms with Crippen molar-refractivity contribution >= 4 is 10.0 Å². The van der Waals surface area contributed by atoms with Gasteiger partial charge in [0.05, 0.1) is 17.0 Å². The molecule has 1 saturated carbocycles. The maximum atomic E-state index is 12.5. The molecule has 0 aromatic carbocycles. The first-order valence-electron chi connectivity index (χ1n) is 7.50. The van der Waals surface area contributed by atoms with Crippen molar-refractivity contribution in [2.45, 2.75) is 55.8 Å². The van der Waals surface area contributed by atoms with Gasteiger partial charge in [0.15, 0.2) is 0 Å². The van der Waals surface area contributed by atoms with Crippen molar-refractivity contribution in [2.24, 2.45) is 0 Å². The molecule has 118 valence electrons. The molecule has 0 bridgehead atoms. The van der Waals surface area contributed by atoms with Crippen LogP contribution in [0, 0.1) is 0 Å². The second-order valence-corrected chi connectivity index (χ2v) is 7.64. The summed E-state index contributed by atoms with van der Waals surface area (Å²) in [6, 6.07) is 2.11. The Morgan fingerprint density at radius 2 is 2.14 bits per heavy atom. The van der Waals surface area contributed by atoms with E-state index in [1.807, 2.05) is 14.0 Å². The van der Waals surface area contributed by atoms with E-state index in [0.717, 1.165) is 25.0 Å². The summed E-state index contributed by atoms with van der Waals surface area (Å²) >= 11 is 0. The van der Waals surface area contributed by atoms with Crippen LogP contribution in [0.3, 0.4) is 0 Å². The van der Waals surface area contributed by atoms with Crippen LogP contribution in [0.4, 0.5) is 0 Å². The first kappa shape index (κ1) is 15.0. The van der Waals surface area contributed by atoms with Crippen LogP contribution in [0.5, 0.6) is 0 Å². The van der Waals surface area contributed by atoms with Gasteiger partial charge in [-0.05, 0) is 39.3 Å². The Bertz CT molecular complexity index is 607. The SMILES string of the molecule is CNCc1cc(S(=O)(=O)NC2CCOC2C)cn1C1CC1. The summed E-state index contributed by atoms with van der Waals surface area (Å²) in [5, 5.41) is 3.10. The molecule has 0 spiro atoms. The molecule has 1 aromatic heterocycles. The number of nitrogens with one attached hydrogen (secondary N) is 2. The topological polar surface area (TPSA) is 72.4 Å². The van der Waals surface area contributed by atoms with Crippen molar-refractivity contribution in [3.63, 3.8) is 0 Å². The van der Waals surface area contributed by atoms with Crippen LogP contribution in [0.25, 0.3) is 0 Å². The van der Waals surface area contributed by atoms with Gasteiger partial charge in [-0.15, -0.1) is 0 Å². The van der Waals surface area contributed by atoms with Gasteiger partial charge < -0.3 is 14.6 Å². The number of sulfonamides is 1. The second-order valence-electron chi connectivity index (χ2n) is 5.93. The molecule has 2 fully saturated rings. The molecule has 1 aromatic rings. The molecule has 1 aliphatic carbocycles. The van der Waals surface area contributed by atoms with Crippen molar-refractivity contribution in [1.82, 2.24) is 14.6 Å². The van der Waals surface area contributed by atoms with Crippen molar-refractivity contribution < 1.29 is 13.2 Å². The fraction of sp³-hybridized carbons (Fsp3) is 0.714. The fourth-order valence-corrected chi connectivity index (χ4v) is 4.20. The lowest BCUT2D eigenvalue weighted by Crippen LogP contribution is -2.38. The zero-order valence-corrected chi connectivity index (χ0v) is 13.3. The minimum atomic E-state index is -3.48. The van der Waals surface area contributed by atoms with Crippen LogP contribution >= 0.6 is 0 Å². The van der Waals surface area contributed by atoms with Crippen LogP contribution in [-0.2, 0) is 21.3 Å². The van der Waals surface area contributed by atoms with E-state index < -0.39 is 10.0 Å². The first-order chi connectivity index (χ1) is 10.0. The highest BCUT2D eigenvalue weighted by molar-refractivity contribution is 7.89. The quantitative estimate of drug-likeness (QED) is 0.822. The van der Waals surface area contributed by atoms with E-state index in [1.165, 1.54) is 0 Å². The normalized spacial score (nSPS) is 26.4. The van der Waals surface area contributed by atoms with Crippen LogP contribution in [0.15, 0.2) is 17.2 Å². The van der Waals surface area contributed by atoms with Crippen LogP contribution in [0.1, 0.15) is 37.9 Å². The lowest BCUT2D eigenvalue weighted by Gasteiger charge is -2.15. The molecule has 6 nitrogen and oxygen atoms in total. The zero-order valence-electron chi connectivity index (χ0n) is 12.5. The Hall–Kier alpha value is -0.890. The number of hydrogen-bond donors (Lipinski definition) is 2. The maximum Gasteiger partial charge on any atom is 0.242 e. The maximum absolute atomic E-state index is 12.5. The zero-order chi connectivity index (χ0) is 15.0. The predicted octanol–water partition coefficient (Wildman–Crippen LogP) is 0.998. The minimum Gasteiger partial charge on any atom is -0.377 e. The predicted molar refractivity (Wildman–Crippen MR) is 79.6 cm³/mol. The molecule has 21 heavy (non-hydrogen) atoms. The van der Waals surface area contributed by atoms with E-state index in [4.69, 9.17) is 4.74 Å². The number of nitrogens with zero attached hydrogens (tertiary/aromatic N) is 1. The van der Waals surface area contributed by atoms with Gasteiger partial charge in [-0.3, -0.25) is 0 Å². The first-order valence-corrected chi connectivity index (χ1v) is 8.99. The van der Waals surface area contributed by atoms with E-state index in [9.17, 15) is 8.42 Å². The fourth-order valence-electron chi connectivity index (χ4n) is 2.81. The Morgan fingerprint density at radius 3 is 2.71 bits per heavy atom. The molecule has 2 atom stereocenters. The molecular formula is C14H23N3O3S. The molecule has 1 saturated heterocycles. The van der Waals surface area contributed by atoms with Crippen molar-refractivity contribution in [3.8, 4) is 0 Å². The Balaban J connectivity index is 1.82. The third-order valence-corrected chi connectivity index (χ3v) is 5.65. The third-order valence-electron chi connectivity index (χ3n) is 4.20. The molecule has 0 radical (unpaired) electrons. The summed E-state index contributed by atoms with van der Waals surface area (Å²) in [7, 11) is -1.61. The van der Waals surface area contributed by atoms with Crippen LogP contribution in [0.2, 0.25) is 0 Å². The van der Waals surface area contributed by atoms with Crippen LogP contribution < -0.4 is 10.0 Å². The summed E-state index contributed by atoms with van der Waals surface area (Å²) in [5.41, 5.74) is 1.02. The van der Waals surface area contributed by atoms with Crippen molar-refractivity contribution in [1.29, 1.82) is 0 Å². The molecule has 3 rings (SSSR count). The smallest absolute Gasteiger partial charge is 0.242 e. The molecule has 7 heteroatoms. The van der Waals surface area contributed by atoms with Crippen LogP contribution in [-0.4, -0.2) is 38.8 Å². The van der Waals surface area contributed by atoms with Gasteiger partial charge in [0.2, 0.25) is 10.0 Å². The highest BCUT2D eigenvalue weighted by atomic mass is 32.2. The Morgan fingerprint density at radius 1 is 1.38 bits per heavy atom. The third kappa shape index (κ3) is 3.15. The minimum absolute atomic E-state index is 0.0675. The number of ether oxygens (including phenoxy) is 1. The van der Waals surface area contributed by atoms with E-state index in [1.54, 1.807) is 12.3 Å². The largest absolute Gasteiger partial charge is 0.377 e. The molecule has 1 aliphatic heterocycles. The average Bonchev–Trinajstić information content (AvgIpc) is 3.07. The van der Waals surface area contributed by atoms with Gasteiger partial charge in [0, 0.05) is 31.1 Å². The average molecular weight is 313 g/mol. The molecule has 2 aliphatic rings. The molecule has 2 heterocycles. The van der Waals surface area contributed by atoms with Gasteiger partial charge in [0.1, 0.15) is 0 Å². The van der Waals surface area contributed by atoms with E-state index in [2.05, 4.69) is 14.6 Å². The lowest BCUT2D eigenvalue weighted by atomic mass is 10.2. The summed E-state index contributed by atoms with van der Waals surface area (Å²) < 4.78 is 35.4. The number of aromatic nitrogens is 1. The lowest BCUT2D eigenvalue weighted by molar-refractivity contribution is 0.117. The molecule has 2 unspecified atom stereocenters. The van der Waals surface area contributed by atoms with E-state index in [-0.39, 0.29) is 12.1 Å². The molecule has 0 amide bonds. The second kappa shape index (κ2) is 5.72. The number of hydrogen-bond acceptors (Lipinski definition) is 4. The van der Waals surface area contributed by atoms with Crippen molar-refractivity contribution in [3.05, 3.63) is 18.0 Å². The molecular weight excluding hydrogens is 290 g/mol. The van der Waals surface area contributed by atoms with Crippen molar-refractivity contribution in [2.75, 3.05) is 13.7 Å². The Labute approximate surface area is 125 Å². The van der Waals surface area contributed by atoms with Gasteiger partial charge in [-0.1, -0.05) is 0 Å². The highest BCUT2D eigenvalue weighted by Crippen LogP contribution is 2.37. The molecule has 2 N–H and O–H groups in total. The van der Waals surface area contributed by atoms with E-state index >= 15 is 0 Å². The van der Waals surface area contributed by atoms with E-state index in [0.29, 0.717) is 24.1 Å².